The maximum absolute atomic E-state index is 11.8. The third kappa shape index (κ3) is 5.20. The van der Waals surface area contributed by atoms with Gasteiger partial charge in [-0.25, -0.2) is 0 Å². The summed E-state index contributed by atoms with van der Waals surface area (Å²) in [6, 6.07) is 0. The molecule has 1 saturated heterocycles. The molecule has 0 aliphatic carbocycles. The van der Waals surface area contributed by atoms with E-state index in [1.54, 1.807) is 0 Å². The number of nitrogens with one attached hydrogen (secondary N) is 1. The van der Waals surface area contributed by atoms with Crippen molar-refractivity contribution in [1.29, 1.82) is 0 Å². The summed E-state index contributed by atoms with van der Waals surface area (Å²) in [7, 11) is 4.20. The van der Waals surface area contributed by atoms with Crippen molar-refractivity contribution in [2.75, 3.05) is 46.8 Å². The Morgan fingerprint density at radius 1 is 1.47 bits per heavy atom. The second-order valence-electron chi connectivity index (χ2n) is 4.89. The predicted octanol–water partition coefficient (Wildman–Crippen LogP) is 0.00940. The molecule has 0 unspecified atom stereocenters. The van der Waals surface area contributed by atoms with Gasteiger partial charge >= 0.3 is 0 Å². The van der Waals surface area contributed by atoms with E-state index < -0.39 is 0 Å². The van der Waals surface area contributed by atoms with Crippen LogP contribution in [0.1, 0.15) is 12.8 Å². The number of hydrogen-bond donors (Lipinski definition) is 1. The number of likely N-dealkylation sites (tertiary alicyclic amines) is 1. The summed E-state index contributed by atoms with van der Waals surface area (Å²) in [5.41, 5.74) is 0. The number of carbonyl (C=O) groups excluding carboxylic acids is 1. The third-order valence-corrected chi connectivity index (χ3v) is 3.09. The van der Waals surface area contributed by atoms with Crippen molar-refractivity contribution >= 4 is 5.91 Å². The van der Waals surface area contributed by atoms with E-state index in [0.29, 0.717) is 13.1 Å². The van der Waals surface area contributed by atoms with Gasteiger partial charge < -0.3 is 9.80 Å². The normalized spacial score (nSPS) is 17.2. The van der Waals surface area contributed by atoms with Gasteiger partial charge in [-0.3, -0.25) is 10.1 Å². The smallest absolute Gasteiger partial charge is 0.236 e. The Morgan fingerprint density at radius 3 is 2.65 bits per heavy atom. The Hall–Kier alpha value is -1.05. The monoisotopic (exact) mass is 237 g/mol. The number of amides is 1. The van der Waals surface area contributed by atoms with E-state index in [1.165, 1.54) is 0 Å². The van der Waals surface area contributed by atoms with Gasteiger partial charge in [0.25, 0.3) is 0 Å². The Bertz CT molecular complexity index is 275. The lowest BCUT2D eigenvalue weighted by atomic mass is 9.96. The van der Waals surface area contributed by atoms with Crippen LogP contribution in [-0.2, 0) is 4.79 Å². The molecule has 1 amide bonds. The minimum atomic E-state index is 0.170. The average molecular weight is 237 g/mol. The molecule has 0 radical (unpaired) electrons. The minimum Gasteiger partial charge on any atom is -0.342 e. The molecule has 0 aromatic rings. The van der Waals surface area contributed by atoms with E-state index >= 15 is 0 Å². The highest BCUT2D eigenvalue weighted by molar-refractivity contribution is 5.78. The third-order valence-electron chi connectivity index (χ3n) is 3.09. The number of carbonyl (C=O) groups is 1. The quantitative estimate of drug-likeness (QED) is 0.540. The van der Waals surface area contributed by atoms with Crippen LogP contribution < -0.4 is 5.32 Å². The number of rotatable bonds is 5. The summed E-state index contributed by atoms with van der Waals surface area (Å²) in [4.78, 5) is 15.9. The average Bonchev–Trinajstić information content (AvgIpc) is 2.29. The van der Waals surface area contributed by atoms with Crippen LogP contribution in [-0.4, -0.2) is 62.5 Å². The SMILES string of the molecule is C#CCNCC(=O)N1CCC(CN(C)C)CC1. The molecular formula is C13H23N3O. The van der Waals surface area contributed by atoms with Crippen molar-refractivity contribution < 1.29 is 4.79 Å². The number of terminal acetylenes is 1. The summed E-state index contributed by atoms with van der Waals surface area (Å²) in [6.07, 6.45) is 7.34. The largest absolute Gasteiger partial charge is 0.342 e. The number of hydrogen-bond acceptors (Lipinski definition) is 3. The van der Waals surface area contributed by atoms with Crippen LogP contribution in [0.5, 0.6) is 0 Å². The Kier molecular flexibility index (Phi) is 6.03. The van der Waals surface area contributed by atoms with Crippen LogP contribution in [0.15, 0.2) is 0 Å². The highest BCUT2D eigenvalue weighted by Crippen LogP contribution is 2.17. The molecule has 4 heteroatoms. The van der Waals surface area contributed by atoms with Crippen LogP contribution in [0, 0.1) is 18.3 Å². The topological polar surface area (TPSA) is 35.6 Å². The highest BCUT2D eigenvalue weighted by atomic mass is 16.2. The van der Waals surface area contributed by atoms with E-state index in [0.717, 1.165) is 38.4 Å². The molecule has 0 spiro atoms. The number of piperidine rings is 1. The zero-order chi connectivity index (χ0) is 12.7. The zero-order valence-electron chi connectivity index (χ0n) is 10.9. The second-order valence-corrected chi connectivity index (χ2v) is 4.89. The first-order chi connectivity index (χ1) is 8.13. The van der Waals surface area contributed by atoms with Crippen molar-refractivity contribution in [3.63, 3.8) is 0 Å². The molecule has 1 aliphatic rings. The summed E-state index contributed by atoms with van der Waals surface area (Å²) in [6.45, 7) is 3.72. The van der Waals surface area contributed by atoms with Gasteiger partial charge in [0, 0.05) is 19.6 Å². The second kappa shape index (κ2) is 7.31. The highest BCUT2D eigenvalue weighted by Gasteiger charge is 2.22. The molecule has 96 valence electrons. The van der Waals surface area contributed by atoms with Crippen molar-refractivity contribution in [1.82, 2.24) is 15.1 Å². The van der Waals surface area contributed by atoms with Crippen molar-refractivity contribution in [3.8, 4) is 12.3 Å². The van der Waals surface area contributed by atoms with Crippen LogP contribution in [0.4, 0.5) is 0 Å². The van der Waals surface area contributed by atoms with Gasteiger partial charge in [-0.15, -0.1) is 6.42 Å². The van der Waals surface area contributed by atoms with Gasteiger partial charge in [-0.1, -0.05) is 5.92 Å². The van der Waals surface area contributed by atoms with Crippen LogP contribution >= 0.6 is 0 Å². The fourth-order valence-corrected chi connectivity index (χ4v) is 2.23. The zero-order valence-corrected chi connectivity index (χ0v) is 10.9. The van der Waals surface area contributed by atoms with Crippen molar-refractivity contribution in [3.05, 3.63) is 0 Å². The van der Waals surface area contributed by atoms with E-state index in [4.69, 9.17) is 6.42 Å². The van der Waals surface area contributed by atoms with E-state index in [9.17, 15) is 4.79 Å². The molecule has 0 aromatic heterocycles. The van der Waals surface area contributed by atoms with Gasteiger partial charge in [-0.2, -0.15) is 0 Å². The molecule has 1 fully saturated rings. The van der Waals surface area contributed by atoms with E-state index in [2.05, 4.69) is 30.2 Å². The molecule has 1 N–H and O–H groups in total. The first kappa shape index (κ1) is 14.0. The van der Waals surface area contributed by atoms with Crippen LogP contribution in [0.3, 0.4) is 0 Å². The molecule has 0 atom stereocenters. The molecular weight excluding hydrogens is 214 g/mol. The lowest BCUT2D eigenvalue weighted by molar-refractivity contribution is -0.131. The number of nitrogens with zero attached hydrogens (tertiary/aromatic N) is 2. The van der Waals surface area contributed by atoms with Gasteiger partial charge in [-0.05, 0) is 32.9 Å². The Balaban J connectivity index is 2.22. The van der Waals surface area contributed by atoms with Gasteiger partial charge in [0.15, 0.2) is 0 Å². The maximum atomic E-state index is 11.8. The van der Waals surface area contributed by atoms with E-state index in [1.807, 2.05) is 4.90 Å². The van der Waals surface area contributed by atoms with Gasteiger partial charge in [0.2, 0.25) is 5.91 Å². The standard InChI is InChI=1S/C13H23N3O/c1-4-7-14-10-13(17)16-8-5-12(6-9-16)11-15(2)3/h1,12,14H,5-11H2,2-3H3. The predicted molar refractivity (Wildman–Crippen MR) is 69.6 cm³/mol. The molecule has 1 heterocycles. The lowest BCUT2D eigenvalue weighted by Crippen LogP contribution is -2.44. The Morgan fingerprint density at radius 2 is 2.12 bits per heavy atom. The van der Waals surface area contributed by atoms with Crippen LogP contribution in [0.2, 0.25) is 0 Å². The van der Waals surface area contributed by atoms with Gasteiger partial charge in [0.05, 0.1) is 13.1 Å². The van der Waals surface area contributed by atoms with Crippen molar-refractivity contribution in [2.45, 2.75) is 12.8 Å². The molecule has 1 rings (SSSR count). The first-order valence-electron chi connectivity index (χ1n) is 6.20. The van der Waals surface area contributed by atoms with Crippen LogP contribution in [0.25, 0.3) is 0 Å². The molecule has 0 saturated carbocycles. The lowest BCUT2D eigenvalue weighted by Gasteiger charge is -2.33. The fourth-order valence-electron chi connectivity index (χ4n) is 2.23. The fraction of sp³-hybridized carbons (Fsp3) is 0.769. The molecule has 4 nitrogen and oxygen atoms in total. The van der Waals surface area contributed by atoms with Gasteiger partial charge in [0.1, 0.15) is 0 Å². The molecule has 0 aromatic carbocycles. The summed E-state index contributed by atoms with van der Waals surface area (Å²) < 4.78 is 0. The molecule has 17 heavy (non-hydrogen) atoms. The Labute approximate surface area is 104 Å². The minimum absolute atomic E-state index is 0.170. The summed E-state index contributed by atoms with van der Waals surface area (Å²) in [5, 5.41) is 2.94. The van der Waals surface area contributed by atoms with Crippen molar-refractivity contribution in [2.24, 2.45) is 5.92 Å². The summed E-state index contributed by atoms with van der Waals surface area (Å²) in [5.74, 6) is 3.37. The first-order valence-corrected chi connectivity index (χ1v) is 6.20. The summed E-state index contributed by atoms with van der Waals surface area (Å²) >= 11 is 0. The maximum Gasteiger partial charge on any atom is 0.236 e. The molecule has 0 bridgehead atoms. The van der Waals surface area contributed by atoms with E-state index in [-0.39, 0.29) is 5.91 Å². The molecule has 1 aliphatic heterocycles.